The Hall–Kier alpha value is -1.78. The number of esters is 1. The summed E-state index contributed by atoms with van der Waals surface area (Å²) in [6.07, 6.45) is 7.16. The molecule has 5 nitrogen and oxygen atoms in total. The number of fused-ring (bicyclic) bond motifs is 2. The first-order valence-electron chi connectivity index (χ1n) is 16.9. The zero-order valence-electron chi connectivity index (χ0n) is 29.1. The second-order valence-corrected chi connectivity index (χ2v) is 15.9. The van der Waals surface area contributed by atoms with Crippen LogP contribution in [0.1, 0.15) is 147 Å². The predicted octanol–water partition coefficient (Wildman–Crippen LogP) is 9.31. The molecule has 0 radical (unpaired) electrons. The molecule has 0 saturated heterocycles. The van der Waals surface area contributed by atoms with Crippen LogP contribution in [0.25, 0.3) is 0 Å². The van der Waals surface area contributed by atoms with Gasteiger partial charge in [-0.15, -0.1) is 0 Å². The van der Waals surface area contributed by atoms with Crippen LogP contribution in [0.5, 0.6) is 0 Å². The summed E-state index contributed by atoms with van der Waals surface area (Å²) in [5, 5.41) is 0. The van der Waals surface area contributed by atoms with E-state index >= 15 is 9.59 Å². The maximum Gasteiger partial charge on any atom is 0.307 e. The van der Waals surface area contributed by atoms with Gasteiger partial charge in [0.25, 0.3) is 0 Å². The maximum absolute atomic E-state index is 15.4. The molecule has 2 aliphatic rings. The lowest BCUT2D eigenvalue weighted by Gasteiger charge is -2.62. The summed E-state index contributed by atoms with van der Waals surface area (Å²) in [6.45, 7) is 24.4. The Morgan fingerprint density at radius 1 is 0.810 bits per heavy atom. The number of hydrogen-bond donors (Lipinski definition) is 0. The molecule has 240 valence electrons. The van der Waals surface area contributed by atoms with E-state index in [1.54, 1.807) is 0 Å². The fourth-order valence-electron chi connectivity index (χ4n) is 7.83. The van der Waals surface area contributed by atoms with Crippen LogP contribution in [0, 0.1) is 51.8 Å². The van der Waals surface area contributed by atoms with Crippen LogP contribution < -0.4 is 0 Å². The molecule has 0 heterocycles. The minimum Gasteiger partial charge on any atom is -0.430 e. The van der Waals surface area contributed by atoms with Gasteiger partial charge in [0.15, 0.2) is 22.8 Å². The molecule has 42 heavy (non-hydrogen) atoms. The molecule has 4 atom stereocenters. The van der Waals surface area contributed by atoms with Crippen molar-refractivity contribution in [1.82, 2.24) is 0 Å². The van der Waals surface area contributed by atoms with Crippen molar-refractivity contribution < 1.29 is 23.9 Å². The van der Waals surface area contributed by atoms with Crippen LogP contribution in [0.4, 0.5) is 0 Å². The Balaban J connectivity index is 3.08. The summed E-state index contributed by atoms with van der Waals surface area (Å²) >= 11 is 0. The van der Waals surface area contributed by atoms with Gasteiger partial charge in [-0.25, -0.2) is 0 Å². The molecule has 0 N–H and O–H groups in total. The Morgan fingerprint density at radius 2 is 1.36 bits per heavy atom. The lowest BCUT2D eigenvalue weighted by Crippen LogP contribution is -2.71. The van der Waals surface area contributed by atoms with Crippen LogP contribution in [0.2, 0.25) is 0 Å². The van der Waals surface area contributed by atoms with Gasteiger partial charge in [-0.2, -0.15) is 0 Å². The molecule has 5 heteroatoms. The van der Waals surface area contributed by atoms with Crippen molar-refractivity contribution in [2.75, 3.05) is 0 Å². The first kappa shape index (κ1) is 36.4. The highest BCUT2D eigenvalue weighted by molar-refractivity contribution is 6.33. The Morgan fingerprint density at radius 3 is 1.83 bits per heavy atom. The van der Waals surface area contributed by atoms with Crippen LogP contribution in [0.3, 0.4) is 0 Å². The molecular weight excluding hydrogens is 524 g/mol. The predicted molar refractivity (Wildman–Crippen MR) is 171 cm³/mol. The van der Waals surface area contributed by atoms with Crippen LogP contribution in [0.15, 0.2) is 11.3 Å². The number of Topliss-reactive ketones (excluding diaryl/α,β-unsaturated/α-hetero) is 3. The molecule has 2 rings (SSSR count). The standard InChI is InChI=1S/C37H62O5/c1-23(2)14-13-20-35(12)29(17-15-24(3)4)22-36(21-19-26(7)8)33(42-28(11)38)30(18-16-25(5)6)32(40)37(35,34(36)41)31(39)27(9)10/h23-27,29H,13-22H2,1-12H3/t29-,35+,36+,37-/m0/s1. The smallest absolute Gasteiger partial charge is 0.307 e. The van der Waals surface area contributed by atoms with Crippen molar-refractivity contribution in [2.45, 2.75) is 147 Å². The summed E-state index contributed by atoms with van der Waals surface area (Å²) in [5.74, 6) is -0.0727. The SMILES string of the molecule is CC(=O)OC1=C(CCC(C)C)C(=O)[C@@]2(C(=O)C(C)C)C(=O)[C@]1(CCC(C)C)C[C@H](CCC(C)C)[C@@]2(C)CCCC(C)C. The second-order valence-electron chi connectivity index (χ2n) is 15.9. The van der Waals surface area contributed by atoms with Gasteiger partial charge in [-0.05, 0) is 80.0 Å². The van der Waals surface area contributed by atoms with Gasteiger partial charge in [0, 0.05) is 18.4 Å². The van der Waals surface area contributed by atoms with E-state index in [2.05, 4.69) is 62.3 Å². The average Bonchev–Trinajstić information content (AvgIpc) is 2.86. The third kappa shape index (κ3) is 6.96. The Labute approximate surface area is 257 Å². The lowest BCUT2D eigenvalue weighted by molar-refractivity contribution is -0.183. The minimum absolute atomic E-state index is 0.0271. The van der Waals surface area contributed by atoms with Gasteiger partial charge in [-0.1, -0.05) is 95.4 Å². The molecule has 0 unspecified atom stereocenters. The molecule has 0 aliphatic heterocycles. The van der Waals surface area contributed by atoms with E-state index in [1.807, 2.05) is 13.8 Å². The quantitative estimate of drug-likeness (QED) is 0.133. The molecule has 0 amide bonds. The van der Waals surface area contributed by atoms with Gasteiger partial charge in [0.05, 0.1) is 5.41 Å². The monoisotopic (exact) mass is 586 g/mol. The third-order valence-corrected chi connectivity index (χ3v) is 10.3. The maximum atomic E-state index is 15.4. The van der Waals surface area contributed by atoms with Crippen LogP contribution in [-0.2, 0) is 23.9 Å². The number of rotatable bonds is 16. The molecule has 0 spiro atoms. The van der Waals surface area contributed by atoms with E-state index in [4.69, 9.17) is 4.74 Å². The van der Waals surface area contributed by atoms with Crippen molar-refractivity contribution in [3.63, 3.8) is 0 Å². The van der Waals surface area contributed by atoms with E-state index in [0.29, 0.717) is 61.3 Å². The summed E-state index contributed by atoms with van der Waals surface area (Å²) in [4.78, 5) is 58.1. The van der Waals surface area contributed by atoms with Crippen LogP contribution in [-0.4, -0.2) is 23.3 Å². The summed E-state index contributed by atoms with van der Waals surface area (Å²) in [5.41, 5.74) is -3.29. The van der Waals surface area contributed by atoms with Gasteiger partial charge in [0.2, 0.25) is 0 Å². The van der Waals surface area contributed by atoms with E-state index in [0.717, 1.165) is 32.1 Å². The summed E-state index contributed by atoms with van der Waals surface area (Å²) in [7, 11) is 0. The number of hydrogen-bond acceptors (Lipinski definition) is 5. The number of ether oxygens (including phenoxy) is 1. The molecule has 0 aromatic rings. The van der Waals surface area contributed by atoms with Crippen molar-refractivity contribution in [2.24, 2.45) is 51.8 Å². The van der Waals surface area contributed by atoms with Gasteiger partial charge < -0.3 is 4.74 Å². The number of carbonyl (C=O) groups excluding carboxylic acids is 4. The van der Waals surface area contributed by atoms with E-state index < -0.39 is 28.1 Å². The van der Waals surface area contributed by atoms with Gasteiger partial charge in [0.1, 0.15) is 5.76 Å². The minimum atomic E-state index is -1.76. The highest BCUT2D eigenvalue weighted by atomic mass is 16.5. The Kier molecular flexibility index (Phi) is 12.4. The molecular formula is C37H62O5. The molecule has 0 aromatic carbocycles. The number of ketones is 3. The van der Waals surface area contributed by atoms with Crippen molar-refractivity contribution in [1.29, 1.82) is 0 Å². The molecule has 0 aromatic heterocycles. The first-order valence-corrected chi connectivity index (χ1v) is 16.9. The molecule has 2 aliphatic carbocycles. The van der Waals surface area contributed by atoms with E-state index in [9.17, 15) is 9.59 Å². The fraction of sp³-hybridized carbons (Fsp3) is 0.838. The van der Waals surface area contributed by atoms with Crippen LogP contribution >= 0.6 is 0 Å². The zero-order chi connectivity index (χ0) is 32.2. The fourth-order valence-corrected chi connectivity index (χ4v) is 7.83. The molecule has 2 bridgehead atoms. The lowest BCUT2D eigenvalue weighted by atomic mass is 9.37. The van der Waals surface area contributed by atoms with E-state index in [-0.39, 0.29) is 29.0 Å². The van der Waals surface area contributed by atoms with Gasteiger partial charge >= 0.3 is 5.97 Å². The third-order valence-electron chi connectivity index (χ3n) is 10.3. The normalized spacial score (nSPS) is 28.2. The van der Waals surface area contributed by atoms with Crippen molar-refractivity contribution in [3.8, 4) is 0 Å². The summed E-state index contributed by atoms with van der Waals surface area (Å²) < 4.78 is 6.03. The second kappa shape index (κ2) is 14.3. The highest BCUT2D eigenvalue weighted by Gasteiger charge is 2.76. The zero-order valence-corrected chi connectivity index (χ0v) is 29.1. The van der Waals surface area contributed by atoms with Crippen molar-refractivity contribution >= 4 is 23.3 Å². The van der Waals surface area contributed by atoms with Crippen molar-refractivity contribution in [3.05, 3.63) is 11.3 Å². The molecule has 1 fully saturated rings. The topological polar surface area (TPSA) is 77.5 Å². The molecule has 1 saturated carbocycles. The number of allylic oxidation sites excluding steroid dienone is 2. The largest absolute Gasteiger partial charge is 0.430 e. The van der Waals surface area contributed by atoms with E-state index in [1.165, 1.54) is 6.92 Å². The first-order chi connectivity index (χ1) is 19.4. The van der Waals surface area contributed by atoms with Gasteiger partial charge in [-0.3, -0.25) is 19.2 Å². The Bertz CT molecular complexity index is 1030. The number of carbonyl (C=O) groups is 4. The average molecular weight is 587 g/mol. The summed E-state index contributed by atoms with van der Waals surface area (Å²) in [6, 6.07) is 0. The highest BCUT2D eigenvalue weighted by Crippen LogP contribution is 2.68.